The summed E-state index contributed by atoms with van der Waals surface area (Å²) in [7, 11) is 0. The average molecular weight is 379 g/mol. The number of benzene rings is 2. The number of nitrogens with zero attached hydrogens (tertiary/aromatic N) is 2. The molecule has 0 aliphatic heterocycles. The summed E-state index contributed by atoms with van der Waals surface area (Å²) >= 11 is 0. The molecule has 0 spiro atoms. The summed E-state index contributed by atoms with van der Waals surface area (Å²) in [5, 5.41) is 2.79. The van der Waals surface area contributed by atoms with Crippen LogP contribution in [-0.2, 0) is 11.3 Å². The molecule has 7 nitrogen and oxygen atoms in total. The van der Waals surface area contributed by atoms with E-state index in [0.717, 1.165) is 0 Å². The lowest BCUT2D eigenvalue weighted by molar-refractivity contribution is -0.118. The van der Waals surface area contributed by atoms with E-state index < -0.39 is 0 Å². The predicted octanol–water partition coefficient (Wildman–Crippen LogP) is 3.18. The number of carbonyl (C=O) groups excluding carboxylic acids is 2. The van der Waals surface area contributed by atoms with E-state index in [1.807, 2.05) is 22.9 Å². The van der Waals surface area contributed by atoms with Crippen LogP contribution in [0.2, 0.25) is 0 Å². The molecular formula is C21H21N3O4. The van der Waals surface area contributed by atoms with Gasteiger partial charge in [-0.15, -0.1) is 0 Å². The Kier molecular flexibility index (Phi) is 6.41. The molecule has 1 aromatic heterocycles. The van der Waals surface area contributed by atoms with Gasteiger partial charge in [-0.1, -0.05) is 24.3 Å². The molecule has 0 unspecified atom stereocenters. The summed E-state index contributed by atoms with van der Waals surface area (Å²) in [5.41, 5.74) is 1.11. The minimum Gasteiger partial charge on any atom is -0.490 e. The highest BCUT2D eigenvalue weighted by molar-refractivity contribution is 5.95. The summed E-state index contributed by atoms with van der Waals surface area (Å²) in [5.74, 6) is 0.665. The number of rotatable bonds is 9. The van der Waals surface area contributed by atoms with Gasteiger partial charge in [-0.05, 0) is 31.2 Å². The monoisotopic (exact) mass is 379 g/mol. The second kappa shape index (κ2) is 9.36. The molecule has 0 saturated carbocycles. The molecule has 1 heterocycles. The molecule has 2 aromatic carbocycles. The van der Waals surface area contributed by atoms with Crippen molar-refractivity contribution < 1.29 is 19.1 Å². The molecule has 1 N–H and O–H groups in total. The fraction of sp³-hybridized carbons (Fsp3) is 0.190. The molecular weight excluding hydrogens is 358 g/mol. The lowest BCUT2D eigenvalue weighted by Gasteiger charge is -2.13. The first-order valence-corrected chi connectivity index (χ1v) is 8.83. The molecule has 0 bridgehead atoms. The molecule has 28 heavy (non-hydrogen) atoms. The maximum Gasteiger partial charge on any atom is 0.262 e. The molecule has 1 amide bonds. The first-order valence-electron chi connectivity index (χ1n) is 8.83. The van der Waals surface area contributed by atoms with E-state index in [0.29, 0.717) is 35.9 Å². The highest BCUT2D eigenvalue weighted by Crippen LogP contribution is 2.23. The Morgan fingerprint density at radius 1 is 1.11 bits per heavy atom. The third-order valence-electron chi connectivity index (χ3n) is 3.94. The van der Waals surface area contributed by atoms with Gasteiger partial charge in [-0.2, -0.15) is 0 Å². The van der Waals surface area contributed by atoms with Gasteiger partial charge < -0.3 is 19.4 Å². The molecule has 3 aromatic rings. The van der Waals surface area contributed by atoms with Gasteiger partial charge in [0.15, 0.2) is 12.4 Å². The van der Waals surface area contributed by atoms with Crippen molar-refractivity contribution >= 4 is 17.4 Å². The van der Waals surface area contributed by atoms with Crippen LogP contribution < -0.4 is 14.8 Å². The zero-order valence-electron chi connectivity index (χ0n) is 15.5. The molecule has 144 valence electrons. The third kappa shape index (κ3) is 5.44. The number of carbonyl (C=O) groups is 2. The number of hydrogen-bond acceptors (Lipinski definition) is 5. The van der Waals surface area contributed by atoms with Crippen LogP contribution in [0.5, 0.6) is 11.5 Å². The number of imidazole rings is 1. The van der Waals surface area contributed by atoms with Crippen LogP contribution in [0.15, 0.2) is 67.3 Å². The van der Waals surface area contributed by atoms with Crippen molar-refractivity contribution in [2.75, 3.05) is 18.5 Å². The summed E-state index contributed by atoms with van der Waals surface area (Å²) in [6.07, 6.45) is 5.28. The predicted molar refractivity (Wildman–Crippen MR) is 105 cm³/mol. The minimum atomic E-state index is -0.320. The van der Waals surface area contributed by atoms with Gasteiger partial charge in [0.1, 0.15) is 18.1 Å². The molecule has 0 fully saturated rings. The Morgan fingerprint density at radius 3 is 2.75 bits per heavy atom. The lowest BCUT2D eigenvalue weighted by atomic mass is 10.1. The quantitative estimate of drug-likeness (QED) is 0.578. The van der Waals surface area contributed by atoms with E-state index in [9.17, 15) is 9.59 Å². The first-order chi connectivity index (χ1) is 13.6. The van der Waals surface area contributed by atoms with Crippen LogP contribution in [0.25, 0.3) is 0 Å². The summed E-state index contributed by atoms with van der Waals surface area (Å²) < 4.78 is 13.2. The Balaban J connectivity index is 1.53. The van der Waals surface area contributed by atoms with Crippen LogP contribution >= 0.6 is 0 Å². The second-order valence-corrected chi connectivity index (χ2v) is 6.07. The zero-order chi connectivity index (χ0) is 19.8. The van der Waals surface area contributed by atoms with Gasteiger partial charge in [-0.25, -0.2) is 4.98 Å². The van der Waals surface area contributed by atoms with Crippen LogP contribution in [0, 0.1) is 0 Å². The Bertz CT molecular complexity index is 938. The number of hydrogen-bond donors (Lipinski definition) is 1. The maximum absolute atomic E-state index is 12.2. The van der Waals surface area contributed by atoms with Crippen molar-refractivity contribution in [1.29, 1.82) is 0 Å². The molecule has 3 rings (SSSR count). The van der Waals surface area contributed by atoms with Crippen molar-refractivity contribution in [1.82, 2.24) is 9.55 Å². The topological polar surface area (TPSA) is 82.5 Å². The highest BCUT2D eigenvalue weighted by Gasteiger charge is 2.09. The van der Waals surface area contributed by atoms with Gasteiger partial charge in [0.05, 0.1) is 18.6 Å². The number of ether oxygens (including phenoxy) is 2. The zero-order valence-corrected chi connectivity index (χ0v) is 15.5. The molecule has 0 radical (unpaired) electrons. The number of amides is 1. The summed E-state index contributed by atoms with van der Waals surface area (Å²) in [6.45, 7) is 2.40. The Labute approximate surface area is 162 Å². The highest BCUT2D eigenvalue weighted by atomic mass is 16.5. The van der Waals surface area contributed by atoms with Crippen molar-refractivity contribution in [3.05, 3.63) is 72.8 Å². The van der Waals surface area contributed by atoms with Crippen molar-refractivity contribution in [2.45, 2.75) is 13.5 Å². The van der Waals surface area contributed by atoms with E-state index in [4.69, 9.17) is 9.47 Å². The van der Waals surface area contributed by atoms with Gasteiger partial charge in [0.25, 0.3) is 5.91 Å². The van der Waals surface area contributed by atoms with Crippen molar-refractivity contribution in [3.8, 4) is 11.5 Å². The molecule has 0 atom stereocenters. The minimum absolute atomic E-state index is 0.0586. The van der Waals surface area contributed by atoms with E-state index in [1.165, 1.54) is 6.92 Å². The van der Waals surface area contributed by atoms with Crippen molar-refractivity contribution in [2.24, 2.45) is 0 Å². The lowest BCUT2D eigenvalue weighted by Crippen LogP contribution is -2.21. The van der Waals surface area contributed by atoms with Crippen LogP contribution in [-0.4, -0.2) is 34.5 Å². The van der Waals surface area contributed by atoms with Crippen molar-refractivity contribution in [3.63, 3.8) is 0 Å². The van der Waals surface area contributed by atoms with Crippen LogP contribution in [0.3, 0.4) is 0 Å². The van der Waals surface area contributed by atoms with Gasteiger partial charge >= 0.3 is 0 Å². The maximum atomic E-state index is 12.2. The Hall–Kier alpha value is -3.61. The van der Waals surface area contributed by atoms with Gasteiger partial charge in [-0.3, -0.25) is 9.59 Å². The number of para-hydroxylation sites is 2. The van der Waals surface area contributed by atoms with E-state index in [2.05, 4.69) is 10.3 Å². The molecule has 0 aliphatic rings. The van der Waals surface area contributed by atoms with E-state index in [-0.39, 0.29) is 18.3 Å². The number of aromatic nitrogens is 2. The second-order valence-electron chi connectivity index (χ2n) is 6.07. The summed E-state index contributed by atoms with van der Waals surface area (Å²) in [4.78, 5) is 27.7. The number of anilines is 1. The van der Waals surface area contributed by atoms with E-state index in [1.54, 1.807) is 48.9 Å². The fourth-order valence-electron chi connectivity index (χ4n) is 2.52. The largest absolute Gasteiger partial charge is 0.490 e. The third-order valence-corrected chi connectivity index (χ3v) is 3.94. The average Bonchev–Trinajstić information content (AvgIpc) is 3.21. The normalized spacial score (nSPS) is 10.3. The Morgan fingerprint density at radius 2 is 1.96 bits per heavy atom. The van der Waals surface area contributed by atoms with Crippen LogP contribution in [0.1, 0.15) is 17.3 Å². The first kappa shape index (κ1) is 19.2. The smallest absolute Gasteiger partial charge is 0.262 e. The molecule has 0 saturated heterocycles. The molecule has 7 heteroatoms. The van der Waals surface area contributed by atoms with E-state index >= 15 is 0 Å². The van der Waals surface area contributed by atoms with Gasteiger partial charge in [0, 0.05) is 18.0 Å². The number of ketones is 1. The number of nitrogens with one attached hydrogen (secondary N) is 1. The summed E-state index contributed by atoms with van der Waals surface area (Å²) in [6, 6.07) is 13.9. The number of Topliss-reactive ketones (excluding diaryl/α,β-unsaturated/α-hetero) is 1. The fourth-order valence-corrected chi connectivity index (χ4v) is 2.52. The van der Waals surface area contributed by atoms with Crippen LogP contribution in [0.4, 0.5) is 5.69 Å². The standard InChI is InChI=1S/C21H21N3O4/c1-16(25)17-5-4-6-18(13-17)28-14-21(26)23-19-7-2-3-8-20(19)27-12-11-24-10-9-22-15-24/h2-10,13,15H,11-12,14H2,1H3,(H,23,26). The van der Waals surface area contributed by atoms with Gasteiger partial charge in [0.2, 0.25) is 0 Å². The molecule has 0 aliphatic carbocycles. The SMILES string of the molecule is CC(=O)c1cccc(OCC(=O)Nc2ccccc2OCCn2ccnc2)c1.